The Morgan fingerprint density at radius 1 is 1.20 bits per heavy atom. The zero-order valence-corrected chi connectivity index (χ0v) is 12.0. The lowest BCUT2D eigenvalue weighted by atomic mass is 10.1. The van der Waals surface area contributed by atoms with Crippen LogP contribution in [0.25, 0.3) is 10.9 Å². The number of nitrogens with two attached hydrogens (primary N) is 1. The van der Waals surface area contributed by atoms with Crippen molar-refractivity contribution in [2.24, 2.45) is 5.73 Å². The van der Waals surface area contributed by atoms with Crippen LogP contribution < -0.4 is 10.5 Å². The Kier molecular flexibility index (Phi) is 3.67. The van der Waals surface area contributed by atoms with Crippen LogP contribution >= 0.6 is 11.3 Å². The van der Waals surface area contributed by atoms with E-state index in [4.69, 9.17) is 10.5 Å². The van der Waals surface area contributed by atoms with E-state index >= 15 is 0 Å². The quantitative estimate of drug-likeness (QED) is 0.793. The van der Waals surface area contributed by atoms with Gasteiger partial charge in [-0.05, 0) is 35.9 Å². The fourth-order valence-electron chi connectivity index (χ4n) is 2.22. The van der Waals surface area contributed by atoms with Gasteiger partial charge in [0.05, 0.1) is 0 Å². The molecule has 0 aliphatic carbocycles. The van der Waals surface area contributed by atoms with Gasteiger partial charge >= 0.3 is 0 Å². The molecule has 3 nitrogen and oxygen atoms in total. The molecule has 102 valence electrons. The summed E-state index contributed by atoms with van der Waals surface area (Å²) in [5, 5.41) is 5.18. The fourth-order valence-corrected chi connectivity index (χ4v) is 2.91. The predicted octanol–water partition coefficient (Wildman–Crippen LogP) is 3.76. The Hall–Kier alpha value is -1.91. The molecule has 0 saturated heterocycles. The summed E-state index contributed by atoms with van der Waals surface area (Å²) in [6.45, 7) is 1.96. The summed E-state index contributed by atoms with van der Waals surface area (Å²) in [4.78, 5) is 4.41. The van der Waals surface area contributed by atoms with Crippen LogP contribution in [0.4, 0.5) is 0 Å². The number of benzene rings is 1. The lowest BCUT2D eigenvalue weighted by molar-refractivity contribution is 0.183. The molecule has 0 fully saturated rings. The SMILES string of the molecule is CC(N)C(Oc1cccc2cccnc12)c1ccsc1. The molecule has 4 heteroatoms. The van der Waals surface area contributed by atoms with Gasteiger partial charge in [0.25, 0.3) is 0 Å². The molecule has 0 aliphatic rings. The monoisotopic (exact) mass is 284 g/mol. The summed E-state index contributed by atoms with van der Waals surface area (Å²) >= 11 is 1.65. The molecular weight excluding hydrogens is 268 g/mol. The van der Waals surface area contributed by atoms with Gasteiger partial charge in [0.1, 0.15) is 17.4 Å². The number of hydrogen-bond acceptors (Lipinski definition) is 4. The third-order valence-electron chi connectivity index (χ3n) is 3.20. The molecule has 0 amide bonds. The number of hydrogen-bond donors (Lipinski definition) is 1. The average molecular weight is 284 g/mol. The van der Waals surface area contributed by atoms with Gasteiger partial charge in [-0.25, -0.2) is 0 Å². The summed E-state index contributed by atoms with van der Waals surface area (Å²) in [7, 11) is 0. The normalized spacial score (nSPS) is 14.1. The number of thiophene rings is 1. The van der Waals surface area contributed by atoms with Gasteiger partial charge in [0, 0.05) is 23.2 Å². The van der Waals surface area contributed by atoms with Crippen LogP contribution in [0.3, 0.4) is 0 Å². The van der Waals surface area contributed by atoms with Crippen molar-refractivity contribution in [3.63, 3.8) is 0 Å². The molecule has 0 aliphatic heterocycles. The second-order valence-electron chi connectivity index (χ2n) is 4.79. The zero-order chi connectivity index (χ0) is 13.9. The maximum atomic E-state index is 6.15. The van der Waals surface area contributed by atoms with Crippen molar-refractivity contribution in [2.45, 2.75) is 19.1 Å². The highest BCUT2D eigenvalue weighted by atomic mass is 32.1. The topological polar surface area (TPSA) is 48.1 Å². The second-order valence-corrected chi connectivity index (χ2v) is 5.57. The Morgan fingerprint density at radius 2 is 2.05 bits per heavy atom. The van der Waals surface area contributed by atoms with Gasteiger partial charge in [-0.2, -0.15) is 11.3 Å². The van der Waals surface area contributed by atoms with Crippen molar-refractivity contribution in [1.29, 1.82) is 0 Å². The molecule has 2 aromatic heterocycles. The Balaban J connectivity index is 1.99. The standard InChI is InChI=1S/C16H16N2OS/c1-11(17)16(13-7-9-20-10-13)19-14-6-2-4-12-5-3-8-18-15(12)14/h2-11,16H,17H2,1H3. The zero-order valence-electron chi connectivity index (χ0n) is 11.2. The van der Waals surface area contributed by atoms with Crippen molar-refractivity contribution in [1.82, 2.24) is 4.98 Å². The van der Waals surface area contributed by atoms with Gasteiger partial charge < -0.3 is 10.5 Å². The van der Waals surface area contributed by atoms with Crippen LogP contribution in [0.5, 0.6) is 5.75 Å². The van der Waals surface area contributed by atoms with E-state index in [0.717, 1.165) is 22.2 Å². The summed E-state index contributed by atoms with van der Waals surface area (Å²) in [5.41, 5.74) is 8.06. The molecule has 3 rings (SSSR count). The summed E-state index contributed by atoms with van der Waals surface area (Å²) in [6, 6.07) is 11.9. The molecule has 2 unspecified atom stereocenters. The maximum Gasteiger partial charge on any atom is 0.146 e. The van der Waals surface area contributed by atoms with Crippen LogP contribution in [-0.4, -0.2) is 11.0 Å². The molecule has 3 aromatic rings. The molecule has 20 heavy (non-hydrogen) atoms. The molecule has 0 radical (unpaired) electrons. The van der Waals surface area contributed by atoms with Gasteiger partial charge in [-0.15, -0.1) is 0 Å². The van der Waals surface area contributed by atoms with Crippen molar-refractivity contribution < 1.29 is 4.74 Å². The number of para-hydroxylation sites is 1. The Bertz CT molecular complexity index is 689. The number of pyridine rings is 1. The van der Waals surface area contributed by atoms with Crippen molar-refractivity contribution in [2.75, 3.05) is 0 Å². The predicted molar refractivity (Wildman–Crippen MR) is 83.1 cm³/mol. The largest absolute Gasteiger partial charge is 0.482 e. The second kappa shape index (κ2) is 5.61. The number of ether oxygens (including phenoxy) is 1. The first kappa shape index (κ1) is 13.1. The number of nitrogens with zero attached hydrogens (tertiary/aromatic N) is 1. The van der Waals surface area contributed by atoms with Gasteiger partial charge in [-0.1, -0.05) is 18.2 Å². The first-order chi connectivity index (χ1) is 9.75. The van der Waals surface area contributed by atoms with E-state index in [0.29, 0.717) is 0 Å². The van der Waals surface area contributed by atoms with Crippen molar-refractivity contribution in [3.8, 4) is 5.75 Å². The molecule has 2 atom stereocenters. The molecule has 0 bridgehead atoms. The van der Waals surface area contributed by atoms with Crippen LogP contribution in [-0.2, 0) is 0 Å². The van der Waals surface area contributed by atoms with E-state index < -0.39 is 0 Å². The summed E-state index contributed by atoms with van der Waals surface area (Å²) in [5.74, 6) is 0.775. The Labute approximate surface area is 122 Å². The van der Waals surface area contributed by atoms with E-state index in [1.54, 1.807) is 17.5 Å². The molecule has 2 heterocycles. The highest BCUT2D eigenvalue weighted by Gasteiger charge is 2.19. The van der Waals surface area contributed by atoms with Gasteiger partial charge in [0.15, 0.2) is 0 Å². The molecule has 1 aromatic carbocycles. The minimum Gasteiger partial charge on any atom is -0.482 e. The highest BCUT2D eigenvalue weighted by Crippen LogP contribution is 2.30. The van der Waals surface area contributed by atoms with Crippen LogP contribution in [0.2, 0.25) is 0 Å². The van der Waals surface area contributed by atoms with Gasteiger partial charge in [-0.3, -0.25) is 4.98 Å². The maximum absolute atomic E-state index is 6.15. The third kappa shape index (κ3) is 2.53. The number of aromatic nitrogens is 1. The minimum absolute atomic E-state index is 0.0939. The van der Waals surface area contributed by atoms with E-state index in [2.05, 4.69) is 16.4 Å². The Morgan fingerprint density at radius 3 is 2.80 bits per heavy atom. The number of rotatable bonds is 4. The molecule has 0 spiro atoms. The van der Waals surface area contributed by atoms with Crippen LogP contribution in [0.1, 0.15) is 18.6 Å². The van der Waals surface area contributed by atoms with E-state index in [1.165, 1.54) is 0 Å². The molecule has 0 saturated carbocycles. The van der Waals surface area contributed by atoms with E-state index in [1.807, 2.05) is 42.6 Å². The molecular formula is C16H16N2OS. The highest BCUT2D eigenvalue weighted by molar-refractivity contribution is 7.07. The lowest BCUT2D eigenvalue weighted by Gasteiger charge is -2.22. The first-order valence-electron chi connectivity index (χ1n) is 6.54. The first-order valence-corrected chi connectivity index (χ1v) is 7.48. The smallest absolute Gasteiger partial charge is 0.146 e. The third-order valence-corrected chi connectivity index (χ3v) is 3.90. The summed E-state index contributed by atoms with van der Waals surface area (Å²) < 4.78 is 6.15. The van der Waals surface area contributed by atoms with Crippen LogP contribution in [0, 0.1) is 0 Å². The average Bonchev–Trinajstić information content (AvgIpc) is 2.98. The van der Waals surface area contributed by atoms with E-state index in [-0.39, 0.29) is 12.1 Å². The minimum atomic E-state index is -0.158. The van der Waals surface area contributed by atoms with Crippen molar-refractivity contribution >= 4 is 22.2 Å². The van der Waals surface area contributed by atoms with Crippen molar-refractivity contribution in [3.05, 3.63) is 58.9 Å². The van der Waals surface area contributed by atoms with Gasteiger partial charge in [0.2, 0.25) is 0 Å². The van der Waals surface area contributed by atoms with E-state index in [9.17, 15) is 0 Å². The van der Waals surface area contributed by atoms with Crippen LogP contribution in [0.15, 0.2) is 53.4 Å². The summed E-state index contributed by atoms with van der Waals surface area (Å²) in [6.07, 6.45) is 1.62. The number of fused-ring (bicyclic) bond motifs is 1. The fraction of sp³-hybridized carbons (Fsp3) is 0.188. The molecule has 2 N–H and O–H groups in total. The lowest BCUT2D eigenvalue weighted by Crippen LogP contribution is -2.28.